The lowest BCUT2D eigenvalue weighted by Gasteiger charge is -2.30. The topological polar surface area (TPSA) is 95.9 Å². The Hall–Kier alpha value is -3.35. The second-order valence-corrected chi connectivity index (χ2v) is 8.80. The molecule has 182 valence electrons. The fraction of sp³-hybridized carbons (Fsp3) is 0.444. The normalized spacial score (nSPS) is 14.0. The van der Waals surface area contributed by atoms with Gasteiger partial charge in [-0.3, -0.25) is 9.59 Å². The molecule has 2 aromatic rings. The molecule has 34 heavy (non-hydrogen) atoms. The van der Waals surface area contributed by atoms with Gasteiger partial charge in [0.1, 0.15) is 12.6 Å². The number of ether oxygens (including phenoxy) is 1. The van der Waals surface area contributed by atoms with Gasteiger partial charge in [0.05, 0.1) is 6.42 Å². The lowest BCUT2D eigenvalue weighted by atomic mass is 9.97. The molecule has 7 nitrogen and oxygen atoms in total. The Kier molecular flexibility index (Phi) is 8.68. The zero-order valence-electron chi connectivity index (χ0n) is 20.1. The van der Waals surface area contributed by atoms with Crippen LogP contribution in [0.2, 0.25) is 0 Å². The van der Waals surface area contributed by atoms with Gasteiger partial charge in [0.2, 0.25) is 5.91 Å². The fourth-order valence-electron chi connectivity index (χ4n) is 4.48. The number of hydrogen-bond acceptors (Lipinski definition) is 4. The summed E-state index contributed by atoms with van der Waals surface area (Å²) < 4.78 is 5.64. The van der Waals surface area contributed by atoms with Crippen LogP contribution >= 0.6 is 0 Å². The summed E-state index contributed by atoms with van der Waals surface area (Å²) in [4.78, 5) is 38.6. The maximum absolute atomic E-state index is 13.2. The van der Waals surface area contributed by atoms with Gasteiger partial charge in [-0.15, -0.1) is 0 Å². The SMILES string of the molecule is CCCN(CCC(=O)O)C(=O)[C@@H](NC(=O)OCC1c2ccccc2-c2ccccc21)C(C)CC. The maximum atomic E-state index is 13.2. The summed E-state index contributed by atoms with van der Waals surface area (Å²) in [7, 11) is 0. The Bertz CT molecular complexity index is 976. The van der Waals surface area contributed by atoms with E-state index in [4.69, 9.17) is 9.84 Å². The van der Waals surface area contributed by atoms with Gasteiger partial charge in [-0.2, -0.15) is 0 Å². The van der Waals surface area contributed by atoms with Gasteiger partial charge in [0.25, 0.3) is 0 Å². The number of nitrogens with one attached hydrogen (secondary N) is 1. The molecule has 0 aliphatic heterocycles. The molecular weight excluding hydrogens is 432 g/mol. The Balaban J connectivity index is 1.70. The van der Waals surface area contributed by atoms with Crippen molar-refractivity contribution in [3.63, 3.8) is 0 Å². The third-order valence-corrected chi connectivity index (χ3v) is 6.50. The second kappa shape index (κ2) is 11.7. The summed E-state index contributed by atoms with van der Waals surface area (Å²) >= 11 is 0. The van der Waals surface area contributed by atoms with Crippen LogP contribution in [0.5, 0.6) is 0 Å². The molecule has 0 saturated heterocycles. The minimum Gasteiger partial charge on any atom is -0.481 e. The van der Waals surface area contributed by atoms with Crippen molar-refractivity contribution in [2.75, 3.05) is 19.7 Å². The molecule has 2 aromatic carbocycles. The van der Waals surface area contributed by atoms with E-state index in [2.05, 4.69) is 29.6 Å². The van der Waals surface area contributed by atoms with E-state index in [-0.39, 0.29) is 37.3 Å². The molecule has 1 aliphatic carbocycles. The number of rotatable bonds is 11. The first kappa shape index (κ1) is 25.3. The highest BCUT2D eigenvalue weighted by atomic mass is 16.5. The van der Waals surface area contributed by atoms with Gasteiger partial charge in [-0.25, -0.2) is 4.79 Å². The molecule has 2 amide bonds. The smallest absolute Gasteiger partial charge is 0.407 e. The van der Waals surface area contributed by atoms with Crippen LogP contribution in [0.3, 0.4) is 0 Å². The van der Waals surface area contributed by atoms with Crippen molar-refractivity contribution < 1.29 is 24.2 Å². The Morgan fingerprint density at radius 2 is 1.59 bits per heavy atom. The first-order chi connectivity index (χ1) is 16.4. The number of amides is 2. The lowest BCUT2D eigenvalue weighted by molar-refractivity contribution is -0.139. The van der Waals surface area contributed by atoms with Crippen molar-refractivity contribution in [2.45, 2.75) is 52.0 Å². The van der Waals surface area contributed by atoms with E-state index in [1.54, 1.807) is 0 Å². The molecule has 0 fully saturated rings. The van der Waals surface area contributed by atoms with Gasteiger partial charge in [-0.05, 0) is 34.6 Å². The zero-order valence-corrected chi connectivity index (χ0v) is 20.1. The number of fused-ring (bicyclic) bond motifs is 3. The number of aliphatic carboxylic acids is 1. The van der Waals surface area contributed by atoms with Crippen molar-refractivity contribution in [3.05, 3.63) is 59.7 Å². The van der Waals surface area contributed by atoms with E-state index in [0.717, 1.165) is 22.3 Å². The molecule has 0 spiro atoms. The quantitative estimate of drug-likeness (QED) is 0.502. The fourth-order valence-corrected chi connectivity index (χ4v) is 4.48. The Morgan fingerprint density at radius 3 is 2.12 bits per heavy atom. The van der Waals surface area contributed by atoms with Crippen molar-refractivity contribution in [1.82, 2.24) is 10.2 Å². The molecular formula is C27H34N2O5. The third-order valence-electron chi connectivity index (χ3n) is 6.50. The summed E-state index contributed by atoms with van der Waals surface area (Å²) in [6, 6.07) is 15.4. The number of carboxylic acids is 1. The van der Waals surface area contributed by atoms with Gasteiger partial charge in [0, 0.05) is 19.0 Å². The first-order valence-electron chi connectivity index (χ1n) is 12.0. The predicted octanol–water partition coefficient (Wildman–Crippen LogP) is 4.65. The van der Waals surface area contributed by atoms with E-state index in [9.17, 15) is 14.4 Å². The molecule has 1 unspecified atom stereocenters. The van der Waals surface area contributed by atoms with Crippen molar-refractivity contribution in [2.24, 2.45) is 5.92 Å². The summed E-state index contributed by atoms with van der Waals surface area (Å²) in [6.07, 6.45) is 0.599. The highest BCUT2D eigenvalue weighted by molar-refractivity contribution is 5.86. The first-order valence-corrected chi connectivity index (χ1v) is 12.0. The number of carboxylic acid groups (broad SMARTS) is 1. The molecule has 0 aromatic heterocycles. The van der Waals surface area contributed by atoms with Gasteiger partial charge >= 0.3 is 12.1 Å². The van der Waals surface area contributed by atoms with Crippen molar-refractivity contribution in [1.29, 1.82) is 0 Å². The number of alkyl carbamates (subject to hydrolysis) is 1. The van der Waals surface area contributed by atoms with Crippen LogP contribution in [-0.2, 0) is 14.3 Å². The summed E-state index contributed by atoms with van der Waals surface area (Å²) in [6.45, 7) is 6.49. The maximum Gasteiger partial charge on any atom is 0.407 e. The van der Waals surface area contributed by atoms with Crippen LogP contribution in [0.1, 0.15) is 57.1 Å². The average molecular weight is 467 g/mol. The van der Waals surface area contributed by atoms with E-state index in [1.807, 2.05) is 45.0 Å². The van der Waals surface area contributed by atoms with E-state index in [1.165, 1.54) is 4.90 Å². The average Bonchev–Trinajstić information content (AvgIpc) is 3.16. The Morgan fingerprint density at radius 1 is 1.00 bits per heavy atom. The molecule has 0 saturated carbocycles. The Labute approximate surface area is 201 Å². The highest BCUT2D eigenvalue weighted by Gasteiger charge is 2.32. The summed E-state index contributed by atoms with van der Waals surface area (Å²) in [5.41, 5.74) is 4.53. The van der Waals surface area contributed by atoms with Crippen LogP contribution < -0.4 is 5.32 Å². The zero-order chi connectivity index (χ0) is 24.7. The van der Waals surface area contributed by atoms with Gasteiger partial charge < -0.3 is 20.1 Å². The van der Waals surface area contributed by atoms with Crippen LogP contribution in [0.15, 0.2) is 48.5 Å². The van der Waals surface area contributed by atoms with E-state index < -0.39 is 18.1 Å². The van der Waals surface area contributed by atoms with Gasteiger partial charge in [0.15, 0.2) is 0 Å². The largest absolute Gasteiger partial charge is 0.481 e. The van der Waals surface area contributed by atoms with Crippen LogP contribution in [0.4, 0.5) is 4.79 Å². The van der Waals surface area contributed by atoms with Crippen molar-refractivity contribution in [3.8, 4) is 11.1 Å². The molecule has 7 heteroatoms. The van der Waals surface area contributed by atoms with Crippen LogP contribution in [-0.4, -0.2) is 53.7 Å². The summed E-state index contributed by atoms with van der Waals surface area (Å²) in [5.74, 6) is -1.43. The molecule has 2 N–H and O–H groups in total. The molecule has 1 aliphatic rings. The standard InChI is InChI=1S/C27H34N2O5/c1-4-15-29(16-14-24(30)31)26(32)25(18(3)5-2)28-27(33)34-17-23-21-12-8-6-10-19(21)20-11-7-9-13-22(20)23/h6-13,18,23,25H,4-5,14-17H2,1-3H3,(H,28,33)(H,30,31)/t18?,25-/m0/s1. The van der Waals surface area contributed by atoms with Crippen LogP contribution in [0.25, 0.3) is 11.1 Å². The lowest BCUT2D eigenvalue weighted by Crippen LogP contribution is -2.52. The minimum atomic E-state index is -0.960. The summed E-state index contributed by atoms with van der Waals surface area (Å²) in [5, 5.41) is 11.8. The number of nitrogens with zero attached hydrogens (tertiary/aromatic N) is 1. The number of carbonyl (C=O) groups excluding carboxylic acids is 2. The molecule has 2 atom stereocenters. The third kappa shape index (κ3) is 5.76. The molecule has 0 bridgehead atoms. The van der Waals surface area contributed by atoms with E-state index in [0.29, 0.717) is 19.4 Å². The number of hydrogen-bond donors (Lipinski definition) is 2. The van der Waals surface area contributed by atoms with Crippen molar-refractivity contribution >= 4 is 18.0 Å². The minimum absolute atomic E-state index is 0.0666. The van der Waals surface area contributed by atoms with Crippen LogP contribution in [0, 0.1) is 5.92 Å². The molecule has 0 radical (unpaired) electrons. The number of carbonyl (C=O) groups is 3. The van der Waals surface area contributed by atoms with Gasteiger partial charge in [-0.1, -0.05) is 75.7 Å². The number of benzene rings is 2. The monoisotopic (exact) mass is 466 g/mol. The highest BCUT2D eigenvalue weighted by Crippen LogP contribution is 2.44. The second-order valence-electron chi connectivity index (χ2n) is 8.80. The van der Waals surface area contributed by atoms with E-state index >= 15 is 0 Å². The predicted molar refractivity (Wildman–Crippen MR) is 131 cm³/mol. The molecule has 0 heterocycles. The molecule has 3 rings (SSSR count).